The molecule has 0 heterocycles. The standard InChI is InChI=1S/C64H121NO5/c1-3-5-7-9-11-13-15-17-19-21-22-25-28-32-36-40-44-48-52-56-62(67)61(60-66)65-63(68)57-53-49-45-41-37-33-29-26-23-24-27-31-35-39-43-47-51-55-59-70-64(69)58-54-50-46-42-38-34-30-20-18-16-14-12-10-8-6-4-2/h14,16,20,30,52,56,61-62,66-67H,3-13,15,17-19,21-29,31-51,53-55,57-60H2,1-2H3,(H,65,68)/b16-14-,30-20-,56-52+. The number of ether oxygens (including phenoxy) is 1. The summed E-state index contributed by atoms with van der Waals surface area (Å²) in [5.74, 6) is -0.0768. The van der Waals surface area contributed by atoms with Crippen LogP contribution in [0.5, 0.6) is 0 Å². The molecule has 0 fully saturated rings. The summed E-state index contributed by atoms with van der Waals surface area (Å²) < 4.78 is 5.48. The normalized spacial score (nSPS) is 12.8. The van der Waals surface area contributed by atoms with Gasteiger partial charge >= 0.3 is 5.97 Å². The molecule has 2 unspecified atom stereocenters. The Hall–Kier alpha value is -1.92. The van der Waals surface area contributed by atoms with E-state index in [9.17, 15) is 19.8 Å². The largest absolute Gasteiger partial charge is 0.466 e. The predicted octanol–water partition coefficient (Wildman–Crippen LogP) is 19.6. The number of carbonyl (C=O) groups excluding carboxylic acids is 2. The van der Waals surface area contributed by atoms with Gasteiger partial charge in [0.25, 0.3) is 0 Å². The SMILES string of the molecule is CCCCCC/C=C\C/C=C\CCCCCCCC(=O)OCCCCCCCCCCCCCCCCCCCCC(=O)NC(CO)C(O)/C=C/CCCCCCCCCCCCCCCCCCC. The molecule has 0 aromatic carbocycles. The Bertz CT molecular complexity index is 1130. The van der Waals surface area contributed by atoms with Crippen molar-refractivity contribution in [1.29, 1.82) is 0 Å². The van der Waals surface area contributed by atoms with E-state index < -0.39 is 12.1 Å². The molecule has 0 saturated carbocycles. The summed E-state index contributed by atoms with van der Waals surface area (Å²) in [7, 11) is 0. The summed E-state index contributed by atoms with van der Waals surface area (Å²) in [5.41, 5.74) is 0. The Morgan fingerprint density at radius 3 is 1.10 bits per heavy atom. The minimum absolute atomic E-state index is 0.00672. The van der Waals surface area contributed by atoms with Crippen LogP contribution in [0.25, 0.3) is 0 Å². The van der Waals surface area contributed by atoms with Gasteiger partial charge in [0.15, 0.2) is 0 Å². The fourth-order valence-electron chi connectivity index (χ4n) is 9.61. The Morgan fingerprint density at radius 2 is 0.714 bits per heavy atom. The molecule has 0 aliphatic rings. The molecule has 2 atom stereocenters. The smallest absolute Gasteiger partial charge is 0.305 e. The van der Waals surface area contributed by atoms with Crippen LogP contribution in [0.4, 0.5) is 0 Å². The Morgan fingerprint density at radius 1 is 0.400 bits per heavy atom. The molecule has 0 bridgehead atoms. The van der Waals surface area contributed by atoms with Crippen LogP contribution in [0.3, 0.4) is 0 Å². The van der Waals surface area contributed by atoms with Crippen molar-refractivity contribution in [3.8, 4) is 0 Å². The first-order chi connectivity index (χ1) is 34.5. The number of amides is 1. The number of esters is 1. The molecule has 3 N–H and O–H groups in total. The predicted molar refractivity (Wildman–Crippen MR) is 306 cm³/mol. The summed E-state index contributed by atoms with van der Waals surface area (Å²) in [6.07, 6.45) is 74.6. The third kappa shape index (κ3) is 55.4. The van der Waals surface area contributed by atoms with Crippen molar-refractivity contribution in [2.75, 3.05) is 13.2 Å². The molecule has 0 radical (unpaired) electrons. The maximum absolute atomic E-state index is 12.5. The average molecular weight is 985 g/mol. The first-order valence-electron chi connectivity index (χ1n) is 31.3. The van der Waals surface area contributed by atoms with E-state index in [0.29, 0.717) is 19.4 Å². The van der Waals surface area contributed by atoms with Gasteiger partial charge in [0.1, 0.15) is 0 Å². The van der Waals surface area contributed by atoms with Gasteiger partial charge in [0.05, 0.1) is 25.4 Å². The van der Waals surface area contributed by atoms with Crippen LogP contribution in [0.15, 0.2) is 36.5 Å². The van der Waals surface area contributed by atoms with Crippen molar-refractivity contribution in [1.82, 2.24) is 5.32 Å². The summed E-state index contributed by atoms with van der Waals surface area (Å²) in [6, 6.07) is -0.632. The highest BCUT2D eigenvalue weighted by Gasteiger charge is 2.18. The minimum atomic E-state index is -0.848. The highest BCUT2D eigenvalue weighted by Crippen LogP contribution is 2.17. The summed E-state index contributed by atoms with van der Waals surface area (Å²) in [4.78, 5) is 24.6. The number of allylic oxidation sites excluding steroid dienone is 5. The van der Waals surface area contributed by atoms with Gasteiger partial charge in [-0.05, 0) is 64.2 Å². The van der Waals surface area contributed by atoms with Crippen LogP contribution in [0, 0.1) is 0 Å². The number of hydrogen-bond donors (Lipinski definition) is 3. The van der Waals surface area contributed by atoms with Gasteiger partial charge in [0.2, 0.25) is 5.91 Å². The van der Waals surface area contributed by atoms with Crippen molar-refractivity contribution in [2.45, 2.75) is 347 Å². The zero-order valence-corrected chi connectivity index (χ0v) is 47.0. The van der Waals surface area contributed by atoms with Gasteiger partial charge in [-0.2, -0.15) is 0 Å². The number of aliphatic hydroxyl groups excluding tert-OH is 2. The van der Waals surface area contributed by atoms with Crippen LogP contribution >= 0.6 is 0 Å². The lowest BCUT2D eigenvalue weighted by Crippen LogP contribution is -2.45. The lowest BCUT2D eigenvalue weighted by atomic mass is 10.0. The molecule has 0 aromatic rings. The van der Waals surface area contributed by atoms with E-state index in [2.05, 4.69) is 43.5 Å². The molecular weight excluding hydrogens is 863 g/mol. The monoisotopic (exact) mass is 984 g/mol. The number of aliphatic hydroxyl groups is 2. The quantitative estimate of drug-likeness (QED) is 0.0321. The highest BCUT2D eigenvalue weighted by atomic mass is 16.5. The maximum Gasteiger partial charge on any atom is 0.305 e. The fourth-order valence-corrected chi connectivity index (χ4v) is 9.61. The van der Waals surface area contributed by atoms with Crippen molar-refractivity contribution in [3.05, 3.63) is 36.5 Å². The summed E-state index contributed by atoms with van der Waals surface area (Å²) in [6.45, 7) is 4.89. The molecule has 0 aliphatic carbocycles. The van der Waals surface area contributed by atoms with E-state index in [1.807, 2.05) is 6.08 Å². The number of rotatable bonds is 58. The van der Waals surface area contributed by atoms with Gasteiger partial charge in [-0.3, -0.25) is 9.59 Å². The van der Waals surface area contributed by atoms with Crippen molar-refractivity contribution >= 4 is 11.9 Å². The number of carbonyl (C=O) groups is 2. The molecule has 0 aliphatic heterocycles. The van der Waals surface area contributed by atoms with Crippen LogP contribution in [0.1, 0.15) is 335 Å². The zero-order chi connectivity index (χ0) is 50.7. The summed E-state index contributed by atoms with van der Waals surface area (Å²) >= 11 is 0. The Kier molecular flexibility index (Phi) is 58.0. The van der Waals surface area contributed by atoms with Crippen LogP contribution in [-0.4, -0.2) is 47.4 Å². The van der Waals surface area contributed by atoms with Crippen LogP contribution in [-0.2, 0) is 14.3 Å². The fraction of sp³-hybridized carbons (Fsp3) is 0.875. The molecule has 0 saturated heterocycles. The van der Waals surface area contributed by atoms with Gasteiger partial charge in [-0.1, -0.05) is 294 Å². The molecule has 6 heteroatoms. The molecule has 0 rings (SSSR count). The van der Waals surface area contributed by atoms with E-state index in [0.717, 1.165) is 51.4 Å². The average Bonchev–Trinajstić information content (AvgIpc) is 3.36. The van der Waals surface area contributed by atoms with Gasteiger partial charge in [0, 0.05) is 12.8 Å². The third-order valence-corrected chi connectivity index (χ3v) is 14.4. The van der Waals surface area contributed by atoms with Crippen molar-refractivity contribution < 1.29 is 24.5 Å². The molecule has 70 heavy (non-hydrogen) atoms. The second kappa shape index (κ2) is 59.6. The molecular formula is C64H121NO5. The number of unbranched alkanes of at least 4 members (excludes halogenated alkanes) is 43. The third-order valence-electron chi connectivity index (χ3n) is 14.4. The molecule has 0 aromatic heterocycles. The second-order valence-electron chi connectivity index (χ2n) is 21.4. The highest BCUT2D eigenvalue weighted by molar-refractivity contribution is 5.76. The Labute approximate surface area is 436 Å². The van der Waals surface area contributed by atoms with Gasteiger partial charge < -0.3 is 20.3 Å². The van der Waals surface area contributed by atoms with Crippen molar-refractivity contribution in [2.24, 2.45) is 0 Å². The van der Waals surface area contributed by atoms with E-state index in [1.165, 1.54) is 257 Å². The first-order valence-corrected chi connectivity index (χ1v) is 31.3. The molecule has 0 spiro atoms. The topological polar surface area (TPSA) is 95.9 Å². The summed E-state index contributed by atoms with van der Waals surface area (Å²) in [5, 5.41) is 23.2. The molecule has 412 valence electrons. The van der Waals surface area contributed by atoms with E-state index in [4.69, 9.17) is 4.74 Å². The lowest BCUT2D eigenvalue weighted by molar-refractivity contribution is -0.143. The van der Waals surface area contributed by atoms with E-state index in [-0.39, 0.29) is 18.5 Å². The van der Waals surface area contributed by atoms with Gasteiger partial charge in [-0.25, -0.2) is 0 Å². The maximum atomic E-state index is 12.5. The second-order valence-corrected chi connectivity index (χ2v) is 21.4. The van der Waals surface area contributed by atoms with Crippen LogP contribution < -0.4 is 5.32 Å². The van der Waals surface area contributed by atoms with Crippen molar-refractivity contribution in [3.63, 3.8) is 0 Å². The minimum Gasteiger partial charge on any atom is -0.466 e. The zero-order valence-electron chi connectivity index (χ0n) is 47.0. The van der Waals surface area contributed by atoms with E-state index >= 15 is 0 Å². The van der Waals surface area contributed by atoms with E-state index in [1.54, 1.807) is 6.08 Å². The molecule has 1 amide bonds. The Balaban J connectivity index is 3.45. The van der Waals surface area contributed by atoms with Gasteiger partial charge in [-0.15, -0.1) is 0 Å². The van der Waals surface area contributed by atoms with Crippen LogP contribution in [0.2, 0.25) is 0 Å². The first kappa shape index (κ1) is 68.1. The number of nitrogens with one attached hydrogen (secondary N) is 1. The molecule has 6 nitrogen and oxygen atoms in total. The number of hydrogen-bond acceptors (Lipinski definition) is 5. The lowest BCUT2D eigenvalue weighted by Gasteiger charge is -2.20.